The molecule has 2 rings (SSSR count). The van der Waals surface area contributed by atoms with Crippen LogP contribution in [0.3, 0.4) is 0 Å². The van der Waals surface area contributed by atoms with Gasteiger partial charge in [0.1, 0.15) is 5.75 Å². The minimum Gasteiger partial charge on any atom is -0.508 e. The van der Waals surface area contributed by atoms with Crippen LogP contribution in [0.15, 0.2) is 48.5 Å². The lowest BCUT2D eigenvalue weighted by Crippen LogP contribution is -2.19. The summed E-state index contributed by atoms with van der Waals surface area (Å²) in [6, 6.07) is 14.0. The summed E-state index contributed by atoms with van der Waals surface area (Å²) in [6.45, 7) is 0. The van der Waals surface area contributed by atoms with Gasteiger partial charge in [-0.15, -0.1) is 0 Å². The predicted molar refractivity (Wildman–Crippen MR) is 72.7 cm³/mol. The Morgan fingerprint density at radius 2 is 1.83 bits per heavy atom. The lowest BCUT2D eigenvalue weighted by atomic mass is 10.0. The summed E-state index contributed by atoms with van der Waals surface area (Å²) in [5, 5.41) is 9.49. The molecule has 4 nitrogen and oxygen atoms in total. The maximum absolute atomic E-state index is 11.1. The van der Waals surface area contributed by atoms with E-state index in [1.54, 1.807) is 30.3 Å². The second-order valence-electron chi connectivity index (χ2n) is 3.80. The summed E-state index contributed by atoms with van der Waals surface area (Å²) in [7, 11) is 1.54. The van der Waals surface area contributed by atoms with Crippen molar-refractivity contribution in [1.82, 2.24) is 0 Å². The van der Waals surface area contributed by atoms with Crippen LogP contribution in [0.5, 0.6) is 5.75 Å². The minimum atomic E-state index is -2.08. The van der Waals surface area contributed by atoms with Crippen LogP contribution < -0.4 is 4.31 Å². The minimum absolute atomic E-state index is 0.162. The van der Waals surface area contributed by atoms with Crippen LogP contribution in [-0.2, 0) is 11.3 Å². The summed E-state index contributed by atoms with van der Waals surface area (Å²) >= 11 is -2.08. The fourth-order valence-electron chi connectivity index (χ4n) is 1.75. The van der Waals surface area contributed by atoms with Gasteiger partial charge in [-0.2, -0.15) is 0 Å². The Hall–Kier alpha value is -1.85. The lowest BCUT2D eigenvalue weighted by molar-refractivity contribution is 0.475. The maximum atomic E-state index is 11.1. The Kier molecular flexibility index (Phi) is 3.64. The number of hydrogen-bond acceptors (Lipinski definition) is 2. The molecule has 0 radical (unpaired) electrons. The van der Waals surface area contributed by atoms with E-state index in [0.717, 1.165) is 11.1 Å². The van der Waals surface area contributed by atoms with E-state index in [4.69, 9.17) is 4.55 Å². The summed E-state index contributed by atoms with van der Waals surface area (Å²) in [5.41, 5.74) is 2.21. The molecule has 1 atom stereocenters. The van der Waals surface area contributed by atoms with Crippen molar-refractivity contribution in [3.63, 3.8) is 0 Å². The molecule has 0 saturated carbocycles. The van der Waals surface area contributed by atoms with Crippen molar-refractivity contribution in [1.29, 1.82) is 0 Å². The molecule has 5 heteroatoms. The van der Waals surface area contributed by atoms with Gasteiger partial charge in [0, 0.05) is 12.6 Å². The van der Waals surface area contributed by atoms with Gasteiger partial charge < -0.3 is 5.11 Å². The molecule has 0 spiro atoms. The van der Waals surface area contributed by atoms with Crippen molar-refractivity contribution < 1.29 is 13.9 Å². The monoisotopic (exact) mass is 263 g/mol. The first kappa shape index (κ1) is 12.6. The van der Waals surface area contributed by atoms with E-state index in [1.165, 1.54) is 11.4 Å². The number of aromatic hydroxyl groups is 1. The average molecular weight is 263 g/mol. The number of hydrogen-bond donors (Lipinski definition) is 2. The van der Waals surface area contributed by atoms with Crippen molar-refractivity contribution in [3.05, 3.63) is 48.5 Å². The molecule has 2 aromatic rings. The molecule has 0 aliphatic rings. The topological polar surface area (TPSA) is 60.8 Å². The molecule has 0 bridgehead atoms. The fraction of sp³-hybridized carbons (Fsp3) is 0.0769. The van der Waals surface area contributed by atoms with Gasteiger partial charge in [0.25, 0.3) is 11.3 Å². The van der Waals surface area contributed by atoms with Crippen LogP contribution in [0.1, 0.15) is 0 Å². The van der Waals surface area contributed by atoms with Crippen LogP contribution in [0.25, 0.3) is 11.1 Å². The van der Waals surface area contributed by atoms with Gasteiger partial charge in [-0.05, 0) is 23.8 Å². The third kappa shape index (κ3) is 2.52. The fourth-order valence-corrected chi connectivity index (χ4v) is 2.08. The van der Waals surface area contributed by atoms with E-state index in [0.29, 0.717) is 5.69 Å². The molecule has 2 aromatic carbocycles. The zero-order valence-corrected chi connectivity index (χ0v) is 10.6. The van der Waals surface area contributed by atoms with Gasteiger partial charge in [-0.1, -0.05) is 30.3 Å². The normalized spacial score (nSPS) is 12.1. The SMILES string of the molecule is CN(c1ccccc1-c1cccc(O)c1)S(=O)O. The van der Waals surface area contributed by atoms with E-state index in [9.17, 15) is 9.32 Å². The zero-order chi connectivity index (χ0) is 13.1. The molecule has 0 fully saturated rings. The first-order valence-corrected chi connectivity index (χ1v) is 6.39. The first-order valence-electron chi connectivity index (χ1n) is 5.32. The molecule has 0 aromatic heterocycles. The highest BCUT2D eigenvalue weighted by atomic mass is 32.2. The van der Waals surface area contributed by atoms with Gasteiger partial charge in [0.05, 0.1) is 5.69 Å². The molecule has 0 aliphatic carbocycles. The van der Waals surface area contributed by atoms with E-state index in [2.05, 4.69) is 0 Å². The Morgan fingerprint density at radius 1 is 1.11 bits per heavy atom. The molecule has 18 heavy (non-hydrogen) atoms. The number of para-hydroxylation sites is 1. The summed E-state index contributed by atoms with van der Waals surface area (Å²) < 4.78 is 21.6. The molecule has 0 amide bonds. The third-order valence-electron chi connectivity index (χ3n) is 2.63. The Bertz CT molecular complexity index is 586. The van der Waals surface area contributed by atoms with E-state index >= 15 is 0 Å². The van der Waals surface area contributed by atoms with E-state index in [1.807, 2.05) is 18.2 Å². The van der Waals surface area contributed by atoms with E-state index < -0.39 is 11.3 Å². The predicted octanol–water partition coefficient (Wildman–Crippen LogP) is 2.63. The smallest absolute Gasteiger partial charge is 0.261 e. The molecule has 0 saturated heterocycles. The molecule has 94 valence electrons. The van der Waals surface area contributed by atoms with E-state index in [-0.39, 0.29) is 5.75 Å². The number of benzene rings is 2. The van der Waals surface area contributed by atoms with Gasteiger partial charge in [-0.25, -0.2) is 4.21 Å². The van der Waals surface area contributed by atoms with Crippen molar-refractivity contribution in [2.45, 2.75) is 0 Å². The third-order valence-corrected chi connectivity index (χ3v) is 3.30. The second kappa shape index (κ2) is 5.20. The standard InChI is InChI=1S/C13H13NO3S/c1-14(18(16)17)13-8-3-2-7-12(13)10-5-4-6-11(15)9-10/h2-9,15H,1H3,(H,16,17). The highest BCUT2D eigenvalue weighted by molar-refractivity contribution is 7.80. The van der Waals surface area contributed by atoms with Gasteiger partial charge in [0.2, 0.25) is 0 Å². The zero-order valence-electron chi connectivity index (χ0n) is 9.78. The van der Waals surface area contributed by atoms with Crippen molar-refractivity contribution >= 4 is 17.0 Å². The van der Waals surface area contributed by atoms with Crippen LogP contribution in [0.4, 0.5) is 5.69 Å². The van der Waals surface area contributed by atoms with Crippen molar-refractivity contribution in [2.24, 2.45) is 0 Å². The van der Waals surface area contributed by atoms with Crippen molar-refractivity contribution in [3.8, 4) is 16.9 Å². The van der Waals surface area contributed by atoms with Crippen molar-refractivity contribution in [2.75, 3.05) is 11.4 Å². The number of nitrogens with zero attached hydrogens (tertiary/aromatic N) is 1. The Labute approximate surface area is 108 Å². The van der Waals surface area contributed by atoms with Crippen LogP contribution >= 0.6 is 0 Å². The average Bonchev–Trinajstić information content (AvgIpc) is 2.38. The van der Waals surface area contributed by atoms with Gasteiger partial charge in [-0.3, -0.25) is 8.86 Å². The Morgan fingerprint density at radius 3 is 2.50 bits per heavy atom. The first-order chi connectivity index (χ1) is 8.59. The molecular weight excluding hydrogens is 250 g/mol. The molecule has 1 unspecified atom stereocenters. The number of rotatable bonds is 3. The van der Waals surface area contributed by atoms with Gasteiger partial charge >= 0.3 is 0 Å². The van der Waals surface area contributed by atoms with Crippen LogP contribution in [0, 0.1) is 0 Å². The number of phenolic OH excluding ortho intramolecular Hbond substituents is 1. The summed E-state index contributed by atoms with van der Waals surface area (Å²) in [4.78, 5) is 0. The summed E-state index contributed by atoms with van der Waals surface area (Å²) in [5.74, 6) is 0.162. The van der Waals surface area contributed by atoms with Crippen LogP contribution in [-0.4, -0.2) is 20.9 Å². The molecule has 0 heterocycles. The quantitative estimate of drug-likeness (QED) is 0.837. The Balaban J connectivity index is 2.55. The van der Waals surface area contributed by atoms with Crippen LogP contribution in [0.2, 0.25) is 0 Å². The number of phenols is 1. The molecule has 2 N–H and O–H groups in total. The second-order valence-corrected chi connectivity index (χ2v) is 4.80. The largest absolute Gasteiger partial charge is 0.508 e. The summed E-state index contributed by atoms with van der Waals surface area (Å²) in [6.07, 6.45) is 0. The van der Waals surface area contributed by atoms with Gasteiger partial charge in [0.15, 0.2) is 0 Å². The highest BCUT2D eigenvalue weighted by Crippen LogP contribution is 2.32. The lowest BCUT2D eigenvalue weighted by Gasteiger charge is -2.18. The number of anilines is 1. The highest BCUT2D eigenvalue weighted by Gasteiger charge is 2.12. The molecule has 0 aliphatic heterocycles. The molecular formula is C13H13NO3S. The maximum Gasteiger partial charge on any atom is 0.261 e.